The van der Waals surface area contributed by atoms with Crippen LogP contribution >= 0.6 is 0 Å². The second kappa shape index (κ2) is 5.80. The largest absolute Gasteiger partial charge is 0.331 e. The summed E-state index contributed by atoms with van der Waals surface area (Å²) in [6.45, 7) is 0.624. The van der Waals surface area contributed by atoms with Gasteiger partial charge in [0.25, 0.3) is 5.91 Å². The maximum Gasteiger partial charge on any atom is 0.255 e. The van der Waals surface area contributed by atoms with E-state index in [1.807, 2.05) is 47.4 Å². The van der Waals surface area contributed by atoms with Crippen LogP contribution in [0, 0.1) is 0 Å². The molecule has 114 valence electrons. The highest BCUT2D eigenvalue weighted by Gasteiger charge is 2.33. The fourth-order valence-electron chi connectivity index (χ4n) is 2.79. The molecular formula is C19H17N3O. The van der Waals surface area contributed by atoms with Crippen LogP contribution in [0.2, 0.25) is 0 Å². The van der Waals surface area contributed by atoms with Gasteiger partial charge in [0.15, 0.2) is 0 Å². The molecule has 23 heavy (non-hydrogen) atoms. The summed E-state index contributed by atoms with van der Waals surface area (Å²) in [7, 11) is 0. The van der Waals surface area contributed by atoms with Crippen LogP contribution in [0.4, 0.5) is 0 Å². The normalized spacial score (nSPS) is 13.9. The van der Waals surface area contributed by atoms with Crippen molar-refractivity contribution in [1.82, 2.24) is 14.9 Å². The molecule has 2 heterocycles. The van der Waals surface area contributed by atoms with Crippen molar-refractivity contribution in [2.24, 2.45) is 0 Å². The lowest BCUT2D eigenvalue weighted by Gasteiger charge is -2.22. The van der Waals surface area contributed by atoms with Crippen molar-refractivity contribution in [2.45, 2.75) is 25.4 Å². The lowest BCUT2D eigenvalue weighted by molar-refractivity contribution is 0.0729. The topological polar surface area (TPSA) is 46.1 Å². The molecule has 0 bridgehead atoms. The van der Waals surface area contributed by atoms with Gasteiger partial charge in [-0.05, 0) is 42.7 Å². The molecule has 0 saturated heterocycles. The van der Waals surface area contributed by atoms with Gasteiger partial charge < -0.3 is 4.90 Å². The van der Waals surface area contributed by atoms with Crippen molar-refractivity contribution in [1.29, 1.82) is 0 Å². The third kappa shape index (κ3) is 2.93. The zero-order chi connectivity index (χ0) is 15.6. The van der Waals surface area contributed by atoms with Gasteiger partial charge in [-0.1, -0.05) is 18.2 Å². The molecule has 0 radical (unpaired) electrons. The number of pyridine rings is 2. The highest BCUT2D eigenvalue weighted by atomic mass is 16.2. The van der Waals surface area contributed by atoms with Gasteiger partial charge in [-0.2, -0.15) is 0 Å². The molecule has 4 heteroatoms. The van der Waals surface area contributed by atoms with Gasteiger partial charge in [0.2, 0.25) is 0 Å². The minimum atomic E-state index is 0.0579. The van der Waals surface area contributed by atoms with Crippen molar-refractivity contribution in [2.75, 3.05) is 0 Å². The van der Waals surface area contributed by atoms with E-state index in [2.05, 4.69) is 9.97 Å². The molecular weight excluding hydrogens is 286 g/mol. The Morgan fingerprint density at radius 1 is 1.13 bits per heavy atom. The van der Waals surface area contributed by atoms with Gasteiger partial charge in [-0.15, -0.1) is 0 Å². The van der Waals surface area contributed by atoms with Gasteiger partial charge >= 0.3 is 0 Å². The highest BCUT2D eigenvalue weighted by molar-refractivity contribution is 5.97. The quantitative estimate of drug-likeness (QED) is 0.742. The number of carbonyl (C=O) groups excluding carboxylic acids is 1. The Morgan fingerprint density at radius 2 is 1.91 bits per heavy atom. The summed E-state index contributed by atoms with van der Waals surface area (Å²) in [5.74, 6) is 0.0579. The van der Waals surface area contributed by atoms with E-state index in [-0.39, 0.29) is 5.91 Å². The molecule has 2 aromatic heterocycles. The summed E-state index contributed by atoms with van der Waals surface area (Å²) in [6, 6.07) is 14.1. The van der Waals surface area contributed by atoms with Crippen molar-refractivity contribution >= 4 is 16.8 Å². The molecule has 0 spiro atoms. The van der Waals surface area contributed by atoms with Crippen LogP contribution in [-0.2, 0) is 6.54 Å². The fraction of sp³-hybridized carbons (Fsp3) is 0.211. The Kier molecular flexibility index (Phi) is 3.50. The van der Waals surface area contributed by atoms with E-state index in [0.29, 0.717) is 18.2 Å². The molecule has 0 aliphatic heterocycles. The summed E-state index contributed by atoms with van der Waals surface area (Å²) in [5.41, 5.74) is 2.68. The Labute approximate surface area is 134 Å². The third-order valence-corrected chi connectivity index (χ3v) is 4.19. The van der Waals surface area contributed by atoms with E-state index in [9.17, 15) is 4.79 Å². The first kappa shape index (κ1) is 13.9. The van der Waals surface area contributed by atoms with Gasteiger partial charge in [0, 0.05) is 36.6 Å². The Hall–Kier alpha value is -2.75. The van der Waals surface area contributed by atoms with Gasteiger partial charge in [0.05, 0.1) is 11.1 Å². The number of amides is 1. The first-order chi connectivity index (χ1) is 11.3. The van der Waals surface area contributed by atoms with Gasteiger partial charge in [0.1, 0.15) is 0 Å². The average molecular weight is 303 g/mol. The van der Waals surface area contributed by atoms with Crippen LogP contribution in [0.1, 0.15) is 28.8 Å². The number of para-hydroxylation sites is 1. The van der Waals surface area contributed by atoms with E-state index in [1.165, 1.54) is 0 Å². The van der Waals surface area contributed by atoms with Gasteiger partial charge in [-0.25, -0.2) is 0 Å². The Balaban J connectivity index is 1.63. The first-order valence-corrected chi connectivity index (χ1v) is 7.86. The second-order valence-corrected chi connectivity index (χ2v) is 5.94. The molecule has 0 unspecified atom stereocenters. The second-order valence-electron chi connectivity index (χ2n) is 5.94. The minimum Gasteiger partial charge on any atom is -0.331 e. The van der Waals surface area contributed by atoms with Crippen molar-refractivity contribution in [3.8, 4) is 0 Å². The van der Waals surface area contributed by atoms with E-state index in [0.717, 1.165) is 29.3 Å². The van der Waals surface area contributed by atoms with Gasteiger partial charge in [-0.3, -0.25) is 14.8 Å². The van der Waals surface area contributed by atoms with Crippen molar-refractivity contribution in [3.05, 3.63) is 72.2 Å². The molecule has 4 rings (SSSR count). The zero-order valence-electron chi connectivity index (χ0n) is 12.7. The van der Waals surface area contributed by atoms with Crippen LogP contribution in [-0.4, -0.2) is 26.8 Å². The monoisotopic (exact) mass is 303 g/mol. The molecule has 1 aliphatic carbocycles. The highest BCUT2D eigenvalue weighted by Crippen LogP contribution is 2.30. The Morgan fingerprint density at radius 3 is 2.70 bits per heavy atom. The predicted molar refractivity (Wildman–Crippen MR) is 88.9 cm³/mol. The summed E-state index contributed by atoms with van der Waals surface area (Å²) in [6.07, 6.45) is 7.38. The van der Waals surface area contributed by atoms with Crippen LogP contribution < -0.4 is 0 Å². The summed E-state index contributed by atoms with van der Waals surface area (Å²) >= 11 is 0. The molecule has 1 aromatic carbocycles. The fourth-order valence-corrected chi connectivity index (χ4v) is 2.79. The maximum absolute atomic E-state index is 12.9. The molecule has 1 saturated carbocycles. The SMILES string of the molecule is O=C(c1cnc2ccccc2c1)N(Cc1ccncc1)C1CC1. The maximum atomic E-state index is 12.9. The number of rotatable bonds is 4. The molecule has 1 amide bonds. The third-order valence-electron chi connectivity index (χ3n) is 4.19. The molecule has 4 nitrogen and oxygen atoms in total. The number of carbonyl (C=O) groups is 1. The standard InChI is InChI=1S/C19H17N3O/c23-19(16-11-15-3-1-2-4-18(15)21-12-16)22(17-5-6-17)13-14-7-9-20-10-8-14/h1-4,7-12,17H,5-6,13H2. The predicted octanol–water partition coefficient (Wildman–Crippen LogP) is 3.43. The van der Waals surface area contributed by atoms with E-state index in [4.69, 9.17) is 0 Å². The van der Waals surface area contributed by atoms with Crippen molar-refractivity contribution < 1.29 is 4.79 Å². The smallest absolute Gasteiger partial charge is 0.255 e. The summed E-state index contributed by atoms with van der Waals surface area (Å²) < 4.78 is 0. The number of hydrogen-bond acceptors (Lipinski definition) is 3. The van der Waals surface area contributed by atoms with E-state index in [1.54, 1.807) is 18.6 Å². The number of nitrogens with zero attached hydrogens (tertiary/aromatic N) is 3. The number of fused-ring (bicyclic) bond motifs is 1. The first-order valence-electron chi connectivity index (χ1n) is 7.86. The lowest BCUT2D eigenvalue weighted by Crippen LogP contribution is -2.32. The number of hydrogen-bond donors (Lipinski definition) is 0. The summed E-state index contributed by atoms with van der Waals surface area (Å²) in [4.78, 5) is 23.4. The molecule has 3 aromatic rings. The number of benzene rings is 1. The zero-order valence-corrected chi connectivity index (χ0v) is 12.7. The molecule has 1 fully saturated rings. The molecule has 0 atom stereocenters. The number of aromatic nitrogens is 2. The van der Waals surface area contributed by atoms with Crippen LogP contribution in [0.25, 0.3) is 10.9 Å². The van der Waals surface area contributed by atoms with Crippen LogP contribution in [0.5, 0.6) is 0 Å². The van der Waals surface area contributed by atoms with Crippen molar-refractivity contribution in [3.63, 3.8) is 0 Å². The average Bonchev–Trinajstić information content (AvgIpc) is 3.44. The van der Waals surface area contributed by atoms with E-state index >= 15 is 0 Å². The lowest BCUT2D eigenvalue weighted by atomic mass is 10.1. The summed E-state index contributed by atoms with van der Waals surface area (Å²) in [5, 5.41) is 0.998. The Bertz CT molecular complexity index is 843. The van der Waals surface area contributed by atoms with Crippen LogP contribution in [0.3, 0.4) is 0 Å². The minimum absolute atomic E-state index is 0.0579. The molecule has 1 aliphatic rings. The van der Waals surface area contributed by atoms with Crippen LogP contribution in [0.15, 0.2) is 61.1 Å². The molecule has 0 N–H and O–H groups in total. The van der Waals surface area contributed by atoms with E-state index < -0.39 is 0 Å².